The Kier molecular flexibility index (Phi) is 5.42. The van der Waals surface area contributed by atoms with Crippen molar-refractivity contribution in [3.05, 3.63) is 53.1 Å². The van der Waals surface area contributed by atoms with Gasteiger partial charge in [-0.1, -0.05) is 38.4 Å². The van der Waals surface area contributed by atoms with E-state index in [-0.39, 0.29) is 36.4 Å². The van der Waals surface area contributed by atoms with Gasteiger partial charge < -0.3 is 5.11 Å². The summed E-state index contributed by atoms with van der Waals surface area (Å²) in [6.07, 6.45) is 3.26. The number of nitrogens with zero attached hydrogens (tertiary/aromatic N) is 1. The van der Waals surface area contributed by atoms with Crippen LogP contribution in [0.15, 0.2) is 48.1 Å². The fraction of sp³-hybridized carbons (Fsp3) is 0.586. The molecule has 1 saturated heterocycles. The van der Waals surface area contributed by atoms with Crippen molar-refractivity contribution in [1.82, 2.24) is 0 Å². The topological polar surface area (TPSA) is 66.8 Å². The van der Waals surface area contributed by atoms with Gasteiger partial charge in [0.2, 0.25) is 0 Å². The lowest BCUT2D eigenvalue weighted by molar-refractivity contribution is -0.215. The Morgan fingerprint density at radius 2 is 1.92 bits per heavy atom. The maximum atomic E-state index is 15.8. The summed E-state index contributed by atoms with van der Waals surface area (Å²) in [5, 5.41) is 13.9. The van der Waals surface area contributed by atoms with Gasteiger partial charge in [0, 0.05) is 27.7 Å². The lowest BCUT2D eigenvalue weighted by atomic mass is 9.41. The Bertz CT molecular complexity index is 1230. The average Bonchev–Trinajstić information content (AvgIpc) is 3.31. The molecule has 0 amide bonds. The molecule has 0 aromatic heterocycles. The molecule has 1 heterocycles. The number of Topliss-reactive ketones (excluding diaryl/α,β-unsaturated/α-hetero) is 1. The van der Waals surface area contributed by atoms with Crippen LogP contribution in [0.2, 0.25) is 5.02 Å². The van der Waals surface area contributed by atoms with Crippen molar-refractivity contribution in [3.8, 4) is 0 Å². The first-order chi connectivity index (χ1) is 17.4. The first-order valence-corrected chi connectivity index (χ1v) is 13.4. The van der Waals surface area contributed by atoms with E-state index in [1.807, 2.05) is 13.8 Å². The van der Waals surface area contributed by atoms with Gasteiger partial charge in [0.1, 0.15) is 6.17 Å². The highest BCUT2D eigenvalue weighted by Crippen LogP contribution is 2.76. The van der Waals surface area contributed by atoms with Gasteiger partial charge in [0.05, 0.1) is 18.3 Å². The van der Waals surface area contributed by atoms with E-state index in [9.17, 15) is 19.1 Å². The number of aliphatic hydroxyl groups excluding tert-OH is 1. The van der Waals surface area contributed by atoms with Gasteiger partial charge in [0.25, 0.3) is 0 Å². The lowest BCUT2D eigenvalue weighted by Gasteiger charge is -2.64. The third-order valence-electron chi connectivity index (χ3n) is 10.9. The number of anilines is 1. The monoisotopic (exact) mass is 531 g/mol. The van der Waals surface area contributed by atoms with Gasteiger partial charge in [-0.3, -0.25) is 19.5 Å². The molecule has 8 heteroatoms. The predicted octanol–water partition coefficient (Wildman–Crippen LogP) is 5.21. The molecule has 1 aromatic rings. The van der Waals surface area contributed by atoms with E-state index < -0.39 is 46.6 Å². The van der Waals surface area contributed by atoms with Crippen LogP contribution < -0.4 is 5.06 Å². The summed E-state index contributed by atoms with van der Waals surface area (Å²) in [5.41, 5.74) is -2.71. The maximum Gasteiger partial charge on any atom is 0.199 e. The van der Waals surface area contributed by atoms with Gasteiger partial charge in [-0.15, -0.1) is 0 Å². The second kappa shape index (κ2) is 7.96. The van der Waals surface area contributed by atoms with Crippen LogP contribution in [0.5, 0.6) is 0 Å². The molecule has 1 N–H and O–H groups in total. The molecule has 1 aromatic carbocycles. The van der Waals surface area contributed by atoms with Crippen LogP contribution in [-0.4, -0.2) is 47.8 Å². The van der Waals surface area contributed by atoms with E-state index in [0.717, 1.165) is 0 Å². The van der Waals surface area contributed by atoms with E-state index in [1.165, 1.54) is 12.2 Å². The number of fused-ring (bicyclic) bond motifs is 7. The molecule has 0 spiro atoms. The van der Waals surface area contributed by atoms with Gasteiger partial charge in [-0.2, -0.15) is 0 Å². The molecule has 198 valence electrons. The minimum Gasteiger partial charge on any atom is -0.393 e. The largest absolute Gasteiger partial charge is 0.393 e. The molecular formula is C29H32ClF2NO4. The summed E-state index contributed by atoms with van der Waals surface area (Å²) < 4.78 is 30.1. The number of aliphatic hydroxyl groups is 1. The van der Waals surface area contributed by atoms with E-state index in [1.54, 1.807) is 35.4 Å². The van der Waals surface area contributed by atoms with Crippen LogP contribution in [0.4, 0.5) is 14.5 Å². The number of halogens is 3. The molecule has 5 aliphatic rings. The molecule has 0 radical (unpaired) electrons. The zero-order chi connectivity index (χ0) is 26.5. The smallest absolute Gasteiger partial charge is 0.199 e. The second-order valence-electron chi connectivity index (χ2n) is 12.3. The zero-order valence-corrected chi connectivity index (χ0v) is 22.0. The molecule has 6 rings (SSSR count). The van der Waals surface area contributed by atoms with Crippen LogP contribution in [0, 0.1) is 34.0 Å². The highest BCUT2D eigenvalue weighted by molar-refractivity contribution is 6.30. The van der Waals surface area contributed by atoms with Crippen LogP contribution in [-0.2, 0) is 14.4 Å². The number of carbonyl (C=O) groups excluding carboxylic acids is 2. The number of carbonyl (C=O) groups is 2. The molecule has 9 atom stereocenters. The zero-order valence-electron chi connectivity index (χ0n) is 21.2. The number of hydrogen-bond acceptors (Lipinski definition) is 5. The highest BCUT2D eigenvalue weighted by atomic mass is 35.5. The fourth-order valence-corrected chi connectivity index (χ4v) is 9.28. The van der Waals surface area contributed by atoms with Crippen LogP contribution in [0.25, 0.3) is 0 Å². The lowest BCUT2D eigenvalue weighted by Crippen LogP contribution is -2.67. The first-order valence-electron chi connectivity index (χ1n) is 13.0. The van der Waals surface area contributed by atoms with E-state index >= 15 is 4.39 Å². The molecular weight excluding hydrogens is 500 g/mol. The number of allylic oxidation sites excluding steroid dienone is 4. The Morgan fingerprint density at radius 3 is 2.59 bits per heavy atom. The fourth-order valence-electron chi connectivity index (χ4n) is 9.16. The van der Waals surface area contributed by atoms with Crippen LogP contribution in [0.3, 0.4) is 0 Å². The SMILES string of the molecule is CC12C=CC(=O)C=C1C(F)CC1C2C(O)CC2(C)C1(C)CC1CN(c3ccc(Cl)cc3)OC12C(=O)CF. The molecule has 4 fully saturated rings. The second-order valence-corrected chi connectivity index (χ2v) is 12.7. The Morgan fingerprint density at radius 1 is 1.22 bits per heavy atom. The summed E-state index contributed by atoms with van der Waals surface area (Å²) >= 11 is 6.06. The molecule has 0 bridgehead atoms. The Labute approximate surface area is 220 Å². The number of hydrogen-bond donors (Lipinski definition) is 1. The standard InChI is InChI=1S/C29H32ClF2NO4/c1-26-9-8-19(34)10-20(26)22(32)11-21-25(26)23(35)13-28(3)27(21,2)12-16-15-33(18-6-4-17(30)5-7-18)37-29(16,28)24(36)14-31/h4-10,16,21-23,25,35H,11-15H2,1-3H3. The molecule has 1 aliphatic heterocycles. The molecule has 4 aliphatic carbocycles. The van der Waals surface area contributed by atoms with Crippen molar-refractivity contribution in [2.24, 2.45) is 34.0 Å². The minimum atomic E-state index is -1.48. The van der Waals surface area contributed by atoms with E-state index in [0.29, 0.717) is 29.2 Å². The summed E-state index contributed by atoms with van der Waals surface area (Å²) in [7, 11) is 0. The van der Waals surface area contributed by atoms with Gasteiger partial charge >= 0.3 is 0 Å². The molecule has 3 saturated carbocycles. The summed E-state index contributed by atoms with van der Waals surface area (Å²) in [6.45, 7) is 5.09. The number of alkyl halides is 2. The van der Waals surface area contributed by atoms with Crippen LogP contribution in [0.1, 0.15) is 40.0 Å². The van der Waals surface area contributed by atoms with E-state index in [4.69, 9.17) is 16.4 Å². The van der Waals surface area contributed by atoms with Crippen molar-refractivity contribution >= 4 is 28.9 Å². The molecule has 37 heavy (non-hydrogen) atoms. The van der Waals surface area contributed by atoms with Crippen molar-refractivity contribution < 1.29 is 28.3 Å². The van der Waals surface area contributed by atoms with Gasteiger partial charge in [0.15, 0.2) is 23.8 Å². The molecule has 5 nitrogen and oxygen atoms in total. The van der Waals surface area contributed by atoms with Gasteiger partial charge in [-0.25, -0.2) is 8.78 Å². The third kappa shape index (κ3) is 3.02. The molecule has 9 unspecified atom stereocenters. The number of hydroxylamine groups is 1. The maximum absolute atomic E-state index is 15.8. The Balaban J connectivity index is 1.45. The van der Waals surface area contributed by atoms with Crippen molar-refractivity contribution in [3.63, 3.8) is 0 Å². The summed E-state index contributed by atoms with van der Waals surface area (Å²) in [4.78, 5) is 32.2. The van der Waals surface area contributed by atoms with Crippen molar-refractivity contribution in [1.29, 1.82) is 0 Å². The van der Waals surface area contributed by atoms with Crippen molar-refractivity contribution in [2.45, 2.75) is 57.9 Å². The summed E-state index contributed by atoms with van der Waals surface area (Å²) in [5.74, 6) is -1.84. The van der Waals surface area contributed by atoms with E-state index in [2.05, 4.69) is 6.92 Å². The normalized spacial score (nSPS) is 46.1. The predicted molar refractivity (Wildman–Crippen MR) is 135 cm³/mol. The first kappa shape index (κ1) is 25.2. The highest BCUT2D eigenvalue weighted by Gasteiger charge is 2.80. The number of benzene rings is 1. The van der Waals surface area contributed by atoms with Gasteiger partial charge in [-0.05, 0) is 72.6 Å². The number of rotatable bonds is 3. The average molecular weight is 532 g/mol. The Hall–Kier alpha value is -2.09. The third-order valence-corrected chi connectivity index (χ3v) is 11.2. The number of ketones is 2. The quantitative estimate of drug-likeness (QED) is 0.580. The van der Waals surface area contributed by atoms with Crippen molar-refractivity contribution in [2.75, 3.05) is 18.3 Å². The summed E-state index contributed by atoms with van der Waals surface area (Å²) in [6, 6.07) is 7.06. The minimum absolute atomic E-state index is 0.143. The van der Waals surface area contributed by atoms with Crippen LogP contribution >= 0.6 is 11.6 Å².